The Kier molecular flexibility index (Phi) is 5.52. The molecule has 16 heavy (non-hydrogen) atoms. The first kappa shape index (κ1) is 13.2. The molecule has 0 radical (unpaired) electrons. The minimum absolute atomic E-state index is 0.431. The zero-order valence-electron chi connectivity index (χ0n) is 9.74. The van der Waals surface area contributed by atoms with E-state index >= 15 is 0 Å². The van der Waals surface area contributed by atoms with Gasteiger partial charge in [0.15, 0.2) is 0 Å². The number of ether oxygens (including phenoxy) is 1. The highest BCUT2D eigenvalue weighted by molar-refractivity contribution is 6.33. The van der Waals surface area contributed by atoms with Crippen LogP contribution >= 0.6 is 11.6 Å². The van der Waals surface area contributed by atoms with Crippen LogP contribution in [0.5, 0.6) is 0 Å². The van der Waals surface area contributed by atoms with Crippen LogP contribution in [0, 0.1) is 0 Å². The maximum absolute atomic E-state index is 6.20. The predicted molar refractivity (Wildman–Crippen MR) is 66.9 cm³/mol. The van der Waals surface area contributed by atoms with Crippen LogP contribution in [-0.2, 0) is 11.3 Å². The smallest absolute Gasteiger partial charge is 0.147 e. The number of methoxy groups -OCH3 is 1. The van der Waals surface area contributed by atoms with Gasteiger partial charge in [-0.15, -0.1) is 0 Å². The van der Waals surface area contributed by atoms with Gasteiger partial charge in [-0.1, -0.05) is 11.6 Å². The van der Waals surface area contributed by atoms with Crippen molar-refractivity contribution in [1.29, 1.82) is 0 Å². The van der Waals surface area contributed by atoms with Gasteiger partial charge in [0.1, 0.15) is 5.82 Å². The van der Waals surface area contributed by atoms with Crippen molar-refractivity contribution >= 4 is 17.4 Å². The van der Waals surface area contributed by atoms with E-state index in [0.29, 0.717) is 11.6 Å². The molecule has 1 heterocycles. The summed E-state index contributed by atoms with van der Waals surface area (Å²) in [7, 11) is 3.66. The Bertz CT molecular complexity index is 333. The fraction of sp³-hybridized carbons (Fsp3) is 0.545. The van der Waals surface area contributed by atoms with Gasteiger partial charge < -0.3 is 15.4 Å². The number of anilines is 1. The Morgan fingerprint density at radius 2 is 2.31 bits per heavy atom. The van der Waals surface area contributed by atoms with Gasteiger partial charge in [0.05, 0.1) is 5.02 Å². The monoisotopic (exact) mass is 243 g/mol. The molecule has 0 aromatic carbocycles. The molecule has 4 nitrogen and oxygen atoms in total. The highest BCUT2D eigenvalue weighted by atomic mass is 35.5. The summed E-state index contributed by atoms with van der Waals surface area (Å²) in [6.07, 6.45) is 2.67. The van der Waals surface area contributed by atoms with Crippen LogP contribution < -0.4 is 10.6 Å². The van der Waals surface area contributed by atoms with Crippen molar-refractivity contribution in [2.24, 2.45) is 5.73 Å². The van der Waals surface area contributed by atoms with Gasteiger partial charge in [-0.05, 0) is 18.1 Å². The largest absolute Gasteiger partial charge is 0.385 e. The third-order valence-corrected chi connectivity index (χ3v) is 2.79. The van der Waals surface area contributed by atoms with Crippen LogP contribution in [0.15, 0.2) is 12.3 Å². The molecule has 0 atom stereocenters. The van der Waals surface area contributed by atoms with Crippen molar-refractivity contribution < 1.29 is 4.74 Å². The minimum Gasteiger partial charge on any atom is -0.385 e. The molecule has 0 spiro atoms. The predicted octanol–water partition coefficient (Wildman–Crippen LogP) is 1.67. The molecule has 0 unspecified atom stereocenters. The fourth-order valence-corrected chi connectivity index (χ4v) is 1.78. The maximum atomic E-state index is 6.20. The molecular formula is C11H18ClN3O. The number of pyridine rings is 1. The number of nitrogens with zero attached hydrogens (tertiary/aromatic N) is 2. The SMILES string of the molecule is COCCCN(C)c1nccc(CN)c1Cl. The normalized spacial score (nSPS) is 10.5. The average Bonchev–Trinajstić information content (AvgIpc) is 2.29. The van der Waals surface area contributed by atoms with Crippen molar-refractivity contribution in [2.75, 3.05) is 32.2 Å². The summed E-state index contributed by atoms with van der Waals surface area (Å²) in [5.41, 5.74) is 6.51. The number of aromatic nitrogens is 1. The lowest BCUT2D eigenvalue weighted by molar-refractivity contribution is 0.196. The van der Waals surface area contributed by atoms with Crippen molar-refractivity contribution in [2.45, 2.75) is 13.0 Å². The molecule has 0 bridgehead atoms. The van der Waals surface area contributed by atoms with Crippen LogP contribution in [0.2, 0.25) is 5.02 Å². The van der Waals surface area contributed by atoms with Gasteiger partial charge in [0.25, 0.3) is 0 Å². The molecule has 0 saturated heterocycles. The number of hydrogen-bond acceptors (Lipinski definition) is 4. The van der Waals surface area contributed by atoms with Gasteiger partial charge in [-0.2, -0.15) is 0 Å². The van der Waals surface area contributed by atoms with Crippen molar-refractivity contribution in [3.8, 4) is 0 Å². The summed E-state index contributed by atoms with van der Waals surface area (Å²) in [6, 6.07) is 1.84. The number of halogens is 1. The molecule has 90 valence electrons. The third-order valence-electron chi connectivity index (χ3n) is 2.37. The lowest BCUT2D eigenvalue weighted by Crippen LogP contribution is -2.21. The highest BCUT2D eigenvalue weighted by Gasteiger charge is 2.10. The third kappa shape index (κ3) is 3.33. The first-order valence-corrected chi connectivity index (χ1v) is 5.62. The molecule has 0 amide bonds. The van der Waals surface area contributed by atoms with Crippen LogP contribution in [0.3, 0.4) is 0 Å². The van der Waals surface area contributed by atoms with E-state index in [2.05, 4.69) is 4.98 Å². The molecule has 1 aromatic rings. The Morgan fingerprint density at radius 1 is 1.56 bits per heavy atom. The quantitative estimate of drug-likeness (QED) is 0.773. The van der Waals surface area contributed by atoms with Crippen LogP contribution in [0.4, 0.5) is 5.82 Å². The van der Waals surface area contributed by atoms with Crippen molar-refractivity contribution in [1.82, 2.24) is 4.98 Å². The molecule has 1 aromatic heterocycles. The van der Waals surface area contributed by atoms with Crippen LogP contribution in [0.1, 0.15) is 12.0 Å². The van der Waals surface area contributed by atoms with E-state index in [1.54, 1.807) is 13.3 Å². The van der Waals surface area contributed by atoms with Crippen molar-refractivity contribution in [3.63, 3.8) is 0 Å². The van der Waals surface area contributed by atoms with Gasteiger partial charge in [-0.3, -0.25) is 0 Å². The maximum Gasteiger partial charge on any atom is 0.147 e. The van der Waals surface area contributed by atoms with E-state index in [-0.39, 0.29) is 0 Å². The summed E-state index contributed by atoms with van der Waals surface area (Å²) in [5.74, 6) is 0.778. The van der Waals surface area contributed by atoms with E-state index in [1.165, 1.54) is 0 Å². The summed E-state index contributed by atoms with van der Waals surface area (Å²) < 4.78 is 5.00. The summed E-state index contributed by atoms with van der Waals surface area (Å²) >= 11 is 6.20. The second-order valence-corrected chi connectivity index (χ2v) is 3.96. The topological polar surface area (TPSA) is 51.4 Å². The van der Waals surface area contributed by atoms with Gasteiger partial charge in [0, 0.05) is 40.1 Å². The van der Waals surface area contributed by atoms with Crippen LogP contribution in [-0.4, -0.2) is 32.3 Å². The molecule has 0 aliphatic heterocycles. The highest BCUT2D eigenvalue weighted by Crippen LogP contribution is 2.25. The minimum atomic E-state index is 0.431. The first-order chi connectivity index (χ1) is 7.70. The Hall–Kier alpha value is -0.840. The van der Waals surface area contributed by atoms with Gasteiger partial charge in [0.2, 0.25) is 0 Å². The lowest BCUT2D eigenvalue weighted by Gasteiger charge is -2.20. The lowest BCUT2D eigenvalue weighted by atomic mass is 10.2. The van der Waals surface area contributed by atoms with Crippen LogP contribution in [0.25, 0.3) is 0 Å². The zero-order valence-corrected chi connectivity index (χ0v) is 10.5. The molecule has 5 heteroatoms. The standard InChI is InChI=1S/C11H18ClN3O/c1-15(6-3-7-16-2)11-10(12)9(8-13)4-5-14-11/h4-5H,3,6-8,13H2,1-2H3. The van der Waals surface area contributed by atoms with Gasteiger partial charge in [-0.25, -0.2) is 4.98 Å². The Balaban J connectivity index is 2.71. The molecule has 0 aliphatic rings. The molecular weight excluding hydrogens is 226 g/mol. The molecule has 0 aliphatic carbocycles. The number of hydrogen-bond donors (Lipinski definition) is 1. The molecule has 0 saturated carbocycles. The summed E-state index contributed by atoms with van der Waals surface area (Å²) in [6.45, 7) is 2.02. The number of rotatable bonds is 6. The van der Waals surface area contributed by atoms with E-state index in [0.717, 1.165) is 31.0 Å². The second-order valence-electron chi connectivity index (χ2n) is 3.58. The van der Waals surface area contributed by atoms with Crippen molar-refractivity contribution in [3.05, 3.63) is 22.8 Å². The molecule has 0 fully saturated rings. The second kappa shape index (κ2) is 6.68. The molecule has 1 rings (SSSR count). The van der Waals surface area contributed by atoms with E-state index < -0.39 is 0 Å². The summed E-state index contributed by atoms with van der Waals surface area (Å²) in [5, 5.41) is 0.643. The summed E-state index contributed by atoms with van der Waals surface area (Å²) in [4.78, 5) is 6.28. The molecule has 2 N–H and O–H groups in total. The van der Waals surface area contributed by atoms with E-state index in [1.807, 2.05) is 18.0 Å². The average molecular weight is 244 g/mol. The zero-order chi connectivity index (χ0) is 12.0. The Morgan fingerprint density at radius 3 is 2.94 bits per heavy atom. The Labute approximate surface area is 101 Å². The number of nitrogens with two attached hydrogens (primary N) is 1. The fourth-order valence-electron chi connectivity index (χ4n) is 1.45. The van der Waals surface area contributed by atoms with E-state index in [4.69, 9.17) is 22.1 Å². The first-order valence-electron chi connectivity index (χ1n) is 5.24. The van der Waals surface area contributed by atoms with Gasteiger partial charge >= 0.3 is 0 Å². The van der Waals surface area contributed by atoms with E-state index in [9.17, 15) is 0 Å².